The summed E-state index contributed by atoms with van der Waals surface area (Å²) in [6.45, 7) is 6.22. The Morgan fingerprint density at radius 1 is 1.18 bits per heavy atom. The summed E-state index contributed by atoms with van der Waals surface area (Å²) in [6.07, 6.45) is 4.03. The first-order valence-electron chi connectivity index (χ1n) is 10.3. The van der Waals surface area contributed by atoms with Crippen LogP contribution in [0.5, 0.6) is 0 Å². The Hall–Kier alpha value is -2.18. The van der Waals surface area contributed by atoms with E-state index in [-0.39, 0.29) is 6.61 Å². The van der Waals surface area contributed by atoms with Gasteiger partial charge in [-0.1, -0.05) is 18.2 Å². The number of aliphatic hydroxyl groups is 2. The van der Waals surface area contributed by atoms with E-state index in [1.165, 1.54) is 24.0 Å². The fraction of sp³-hybridized carbons (Fsp3) is 0.545. The Bertz CT molecular complexity index is 843. The molecule has 150 valence electrons. The highest BCUT2D eigenvalue weighted by Crippen LogP contribution is 2.40. The quantitative estimate of drug-likeness (QED) is 0.639. The summed E-state index contributed by atoms with van der Waals surface area (Å²) in [5.41, 5.74) is 3.88. The molecule has 4 rings (SSSR count). The highest BCUT2D eigenvalue weighted by atomic mass is 16.3. The molecule has 0 atom stereocenters. The zero-order valence-electron chi connectivity index (χ0n) is 16.8. The second-order valence-corrected chi connectivity index (χ2v) is 8.47. The van der Waals surface area contributed by atoms with E-state index in [9.17, 15) is 5.11 Å². The molecule has 2 aliphatic rings. The molecular formula is C22H30N4O2. The lowest BCUT2D eigenvalue weighted by molar-refractivity contribution is 0.0785. The predicted molar refractivity (Wildman–Crippen MR) is 111 cm³/mol. The van der Waals surface area contributed by atoms with Crippen LogP contribution >= 0.6 is 0 Å². The third-order valence-corrected chi connectivity index (χ3v) is 5.60. The topological polar surface area (TPSA) is 81.5 Å². The number of anilines is 2. The fourth-order valence-electron chi connectivity index (χ4n) is 3.69. The van der Waals surface area contributed by atoms with Crippen molar-refractivity contribution >= 4 is 11.8 Å². The van der Waals surface area contributed by atoms with Crippen molar-refractivity contribution in [1.82, 2.24) is 9.97 Å². The van der Waals surface area contributed by atoms with Crippen LogP contribution in [0, 0.1) is 0 Å². The van der Waals surface area contributed by atoms with E-state index in [1.54, 1.807) is 0 Å². The average molecular weight is 383 g/mol. The van der Waals surface area contributed by atoms with Gasteiger partial charge in [0.2, 0.25) is 5.95 Å². The van der Waals surface area contributed by atoms with Gasteiger partial charge in [-0.15, -0.1) is 0 Å². The van der Waals surface area contributed by atoms with Gasteiger partial charge in [-0.2, -0.15) is 4.98 Å². The monoisotopic (exact) mass is 382 g/mol. The van der Waals surface area contributed by atoms with Crippen LogP contribution in [0.3, 0.4) is 0 Å². The van der Waals surface area contributed by atoms with Crippen LogP contribution < -0.4 is 10.2 Å². The van der Waals surface area contributed by atoms with Gasteiger partial charge in [-0.25, -0.2) is 4.98 Å². The zero-order valence-corrected chi connectivity index (χ0v) is 16.8. The molecule has 1 aromatic carbocycles. The SMILES string of the molecule is CC(C)(O)c1ccc2c(c1)CCN(c1cc(C3CC3)nc(NCCCO)n1)C2. The van der Waals surface area contributed by atoms with Crippen molar-refractivity contribution in [3.63, 3.8) is 0 Å². The van der Waals surface area contributed by atoms with E-state index in [0.29, 0.717) is 24.8 Å². The van der Waals surface area contributed by atoms with Gasteiger partial charge in [0.25, 0.3) is 0 Å². The molecule has 6 nitrogen and oxygen atoms in total. The molecule has 0 amide bonds. The first-order chi connectivity index (χ1) is 13.4. The van der Waals surface area contributed by atoms with E-state index in [0.717, 1.165) is 36.6 Å². The van der Waals surface area contributed by atoms with Gasteiger partial charge in [0, 0.05) is 38.2 Å². The highest BCUT2D eigenvalue weighted by molar-refractivity contribution is 5.50. The van der Waals surface area contributed by atoms with Crippen LogP contribution in [0.15, 0.2) is 24.3 Å². The molecule has 1 aromatic heterocycles. The molecule has 2 aromatic rings. The molecule has 2 heterocycles. The van der Waals surface area contributed by atoms with Crippen molar-refractivity contribution in [3.05, 3.63) is 46.6 Å². The molecule has 3 N–H and O–H groups in total. The smallest absolute Gasteiger partial charge is 0.224 e. The second kappa shape index (κ2) is 7.68. The molecule has 1 saturated carbocycles. The summed E-state index contributed by atoms with van der Waals surface area (Å²) in [5, 5.41) is 22.5. The van der Waals surface area contributed by atoms with E-state index >= 15 is 0 Å². The number of nitrogens with one attached hydrogen (secondary N) is 1. The Balaban J connectivity index is 1.56. The second-order valence-electron chi connectivity index (χ2n) is 8.47. The van der Waals surface area contributed by atoms with Gasteiger partial charge in [0.15, 0.2) is 0 Å². The predicted octanol–water partition coefficient (Wildman–Crippen LogP) is 2.94. The molecule has 0 saturated heterocycles. The lowest BCUT2D eigenvalue weighted by Crippen LogP contribution is -2.32. The van der Waals surface area contributed by atoms with E-state index < -0.39 is 5.60 Å². The Morgan fingerprint density at radius 3 is 2.71 bits per heavy atom. The molecule has 1 fully saturated rings. The van der Waals surface area contributed by atoms with Crippen molar-refractivity contribution in [3.8, 4) is 0 Å². The van der Waals surface area contributed by atoms with Crippen LogP contribution in [0.25, 0.3) is 0 Å². The standard InChI is InChI=1S/C22H30N4O2/c1-22(2,28)18-7-6-17-14-26(10-8-16(17)12-18)20-13-19(15-4-5-15)24-21(25-20)23-9-3-11-27/h6-7,12-13,15,27-28H,3-5,8-11,14H2,1-2H3,(H,23,24,25). The van der Waals surface area contributed by atoms with Crippen LogP contribution in [0.2, 0.25) is 0 Å². The number of hydrogen-bond donors (Lipinski definition) is 3. The summed E-state index contributed by atoms with van der Waals surface area (Å²) < 4.78 is 0. The fourth-order valence-corrected chi connectivity index (χ4v) is 3.69. The summed E-state index contributed by atoms with van der Waals surface area (Å²) in [7, 11) is 0. The normalized spacial score (nSPS) is 16.8. The summed E-state index contributed by atoms with van der Waals surface area (Å²) >= 11 is 0. The number of benzene rings is 1. The van der Waals surface area contributed by atoms with Gasteiger partial charge in [-0.05, 0) is 56.2 Å². The van der Waals surface area contributed by atoms with E-state index in [4.69, 9.17) is 10.1 Å². The summed E-state index contributed by atoms with van der Waals surface area (Å²) in [6, 6.07) is 8.45. The maximum Gasteiger partial charge on any atom is 0.224 e. The lowest BCUT2D eigenvalue weighted by atomic mass is 9.91. The molecular weight excluding hydrogens is 352 g/mol. The Morgan fingerprint density at radius 2 is 2.00 bits per heavy atom. The van der Waals surface area contributed by atoms with Crippen molar-refractivity contribution < 1.29 is 10.2 Å². The maximum atomic E-state index is 10.3. The van der Waals surface area contributed by atoms with E-state index in [2.05, 4.69) is 33.4 Å². The van der Waals surface area contributed by atoms with Crippen molar-refractivity contribution in [2.75, 3.05) is 29.9 Å². The largest absolute Gasteiger partial charge is 0.396 e. The van der Waals surface area contributed by atoms with Crippen LogP contribution in [-0.4, -0.2) is 39.9 Å². The lowest BCUT2D eigenvalue weighted by Gasteiger charge is -2.31. The summed E-state index contributed by atoms with van der Waals surface area (Å²) in [4.78, 5) is 11.8. The molecule has 1 aliphatic carbocycles. The van der Waals surface area contributed by atoms with Crippen molar-refractivity contribution in [2.24, 2.45) is 0 Å². The Kier molecular flexibility index (Phi) is 5.25. The number of nitrogens with zero attached hydrogens (tertiary/aromatic N) is 3. The molecule has 0 spiro atoms. The minimum atomic E-state index is -0.812. The first kappa shape index (κ1) is 19.2. The van der Waals surface area contributed by atoms with Crippen LogP contribution in [0.1, 0.15) is 61.4 Å². The molecule has 6 heteroatoms. The van der Waals surface area contributed by atoms with E-state index in [1.807, 2.05) is 19.9 Å². The van der Waals surface area contributed by atoms with Gasteiger partial charge in [0.05, 0.1) is 11.3 Å². The minimum absolute atomic E-state index is 0.164. The minimum Gasteiger partial charge on any atom is -0.396 e. The third-order valence-electron chi connectivity index (χ3n) is 5.60. The highest BCUT2D eigenvalue weighted by Gasteiger charge is 2.28. The van der Waals surface area contributed by atoms with Gasteiger partial charge >= 0.3 is 0 Å². The molecule has 0 bridgehead atoms. The third kappa shape index (κ3) is 4.28. The average Bonchev–Trinajstić information content (AvgIpc) is 3.52. The number of aliphatic hydroxyl groups excluding tert-OH is 1. The molecule has 0 unspecified atom stereocenters. The summed E-state index contributed by atoms with van der Waals surface area (Å²) in [5.74, 6) is 2.20. The van der Waals surface area contributed by atoms with Crippen LogP contribution in [0.4, 0.5) is 11.8 Å². The maximum absolute atomic E-state index is 10.3. The Labute approximate surface area is 166 Å². The molecule has 1 aliphatic heterocycles. The van der Waals surface area contributed by atoms with Gasteiger partial charge in [0.1, 0.15) is 5.82 Å². The molecule has 28 heavy (non-hydrogen) atoms. The number of rotatable bonds is 7. The first-order valence-corrected chi connectivity index (χ1v) is 10.3. The number of fused-ring (bicyclic) bond motifs is 1. The van der Waals surface area contributed by atoms with Crippen molar-refractivity contribution in [1.29, 1.82) is 0 Å². The van der Waals surface area contributed by atoms with Crippen LogP contribution in [-0.2, 0) is 18.6 Å². The zero-order chi connectivity index (χ0) is 19.7. The van der Waals surface area contributed by atoms with Gasteiger partial charge < -0.3 is 20.4 Å². The van der Waals surface area contributed by atoms with Crippen molar-refractivity contribution in [2.45, 2.75) is 57.6 Å². The number of aromatic nitrogens is 2. The molecule has 0 radical (unpaired) electrons. The van der Waals surface area contributed by atoms with Gasteiger partial charge in [-0.3, -0.25) is 0 Å². The number of hydrogen-bond acceptors (Lipinski definition) is 6.